The summed E-state index contributed by atoms with van der Waals surface area (Å²) < 4.78 is 8.18. The molecule has 1 fully saturated rings. The number of fused-ring (bicyclic) bond motifs is 1. The van der Waals surface area contributed by atoms with Crippen molar-refractivity contribution in [3.63, 3.8) is 0 Å². The zero-order chi connectivity index (χ0) is 22.3. The fourth-order valence-corrected chi connectivity index (χ4v) is 4.46. The second kappa shape index (κ2) is 10.5. The van der Waals surface area contributed by atoms with E-state index in [1.165, 1.54) is 24.8 Å². The van der Waals surface area contributed by atoms with Crippen molar-refractivity contribution in [1.82, 2.24) is 14.8 Å². The molecular formula is C27H33N3O2. The lowest BCUT2D eigenvalue weighted by Gasteiger charge is -2.26. The summed E-state index contributed by atoms with van der Waals surface area (Å²) in [4.78, 5) is 15.5. The Balaban J connectivity index is 1.51. The summed E-state index contributed by atoms with van der Waals surface area (Å²) in [7, 11) is 0. The number of nitrogens with one attached hydrogen (secondary N) is 1. The predicted molar refractivity (Wildman–Crippen MR) is 130 cm³/mol. The number of carbonyl (C=O) groups is 1. The Kier molecular flexibility index (Phi) is 7.28. The lowest BCUT2D eigenvalue weighted by Crippen LogP contribution is -2.38. The average Bonchev–Trinajstić information content (AvgIpc) is 3.18. The first kappa shape index (κ1) is 22.2. The quantitative estimate of drug-likeness (QED) is 0.489. The number of carbonyl (C=O) groups excluding carboxylic acids is 1. The SMILES string of the molecule is C=CCn1c(C(=O)NCCN2CCCCC2)cc2c(OCc3cccc(C)c3)cccc21. The molecule has 0 aliphatic carbocycles. The Morgan fingerprint density at radius 3 is 2.72 bits per heavy atom. The summed E-state index contributed by atoms with van der Waals surface area (Å²) in [6.45, 7) is 10.8. The molecule has 0 atom stereocenters. The van der Waals surface area contributed by atoms with E-state index < -0.39 is 0 Å². The van der Waals surface area contributed by atoms with Gasteiger partial charge in [-0.15, -0.1) is 6.58 Å². The van der Waals surface area contributed by atoms with Crippen molar-refractivity contribution in [1.29, 1.82) is 0 Å². The predicted octanol–water partition coefficient (Wildman–Crippen LogP) is 4.93. The van der Waals surface area contributed by atoms with Crippen molar-refractivity contribution in [2.24, 2.45) is 0 Å². The fraction of sp³-hybridized carbons (Fsp3) is 0.370. The lowest BCUT2D eigenvalue weighted by atomic mass is 10.1. The van der Waals surface area contributed by atoms with Gasteiger partial charge in [-0.05, 0) is 56.6 Å². The van der Waals surface area contributed by atoms with Gasteiger partial charge in [0.15, 0.2) is 0 Å². The van der Waals surface area contributed by atoms with Crippen molar-refractivity contribution in [3.8, 4) is 5.75 Å². The van der Waals surface area contributed by atoms with Crippen molar-refractivity contribution in [3.05, 3.63) is 78.0 Å². The van der Waals surface area contributed by atoms with Crippen LogP contribution in [0.25, 0.3) is 10.9 Å². The Hall–Kier alpha value is -3.05. The van der Waals surface area contributed by atoms with E-state index in [4.69, 9.17) is 4.74 Å². The topological polar surface area (TPSA) is 46.5 Å². The summed E-state index contributed by atoms with van der Waals surface area (Å²) in [5.74, 6) is 0.735. The molecule has 1 N–H and O–H groups in total. The summed E-state index contributed by atoms with van der Waals surface area (Å²) in [5, 5.41) is 4.06. The second-order valence-electron chi connectivity index (χ2n) is 8.55. The molecule has 0 radical (unpaired) electrons. The van der Waals surface area contributed by atoms with Crippen LogP contribution in [0.3, 0.4) is 0 Å². The van der Waals surface area contributed by atoms with Crippen LogP contribution in [-0.2, 0) is 13.2 Å². The van der Waals surface area contributed by atoms with E-state index in [2.05, 4.69) is 41.9 Å². The van der Waals surface area contributed by atoms with Crippen LogP contribution in [0.15, 0.2) is 61.2 Å². The smallest absolute Gasteiger partial charge is 0.268 e. The van der Waals surface area contributed by atoms with E-state index in [0.717, 1.165) is 41.9 Å². The van der Waals surface area contributed by atoms with E-state index >= 15 is 0 Å². The number of likely N-dealkylation sites (tertiary alicyclic amines) is 1. The summed E-state index contributed by atoms with van der Waals surface area (Å²) >= 11 is 0. The molecule has 0 unspecified atom stereocenters. The summed E-state index contributed by atoms with van der Waals surface area (Å²) in [6, 6.07) is 16.2. The van der Waals surface area contributed by atoms with E-state index in [9.17, 15) is 4.79 Å². The molecule has 3 aromatic rings. The molecule has 1 amide bonds. The van der Waals surface area contributed by atoms with Gasteiger partial charge in [0.05, 0.1) is 5.52 Å². The highest BCUT2D eigenvalue weighted by molar-refractivity contribution is 6.00. The number of amides is 1. The number of piperidine rings is 1. The van der Waals surface area contributed by atoms with Crippen LogP contribution in [0.2, 0.25) is 0 Å². The van der Waals surface area contributed by atoms with Gasteiger partial charge in [-0.2, -0.15) is 0 Å². The van der Waals surface area contributed by atoms with E-state index in [-0.39, 0.29) is 5.91 Å². The molecule has 1 saturated heterocycles. The third-order valence-electron chi connectivity index (χ3n) is 6.09. The Morgan fingerprint density at radius 1 is 1.12 bits per heavy atom. The molecule has 1 aromatic heterocycles. The number of hydrogen-bond donors (Lipinski definition) is 1. The molecule has 0 bridgehead atoms. The minimum absolute atomic E-state index is 0.0512. The molecule has 1 aliphatic heterocycles. The van der Waals surface area contributed by atoms with Gasteiger partial charge in [0, 0.05) is 25.0 Å². The maximum atomic E-state index is 13.1. The zero-order valence-corrected chi connectivity index (χ0v) is 19.0. The Morgan fingerprint density at radius 2 is 1.94 bits per heavy atom. The van der Waals surface area contributed by atoms with Crippen LogP contribution >= 0.6 is 0 Å². The lowest BCUT2D eigenvalue weighted by molar-refractivity contribution is 0.0938. The van der Waals surface area contributed by atoms with Crippen molar-refractivity contribution in [2.45, 2.75) is 39.3 Å². The number of aromatic nitrogens is 1. The van der Waals surface area contributed by atoms with E-state index in [0.29, 0.717) is 25.4 Å². The number of benzene rings is 2. The van der Waals surface area contributed by atoms with Gasteiger partial charge < -0.3 is 19.5 Å². The van der Waals surface area contributed by atoms with Crippen LogP contribution in [0, 0.1) is 6.92 Å². The van der Waals surface area contributed by atoms with Gasteiger partial charge in [0.1, 0.15) is 18.1 Å². The van der Waals surface area contributed by atoms with Crippen LogP contribution in [0.1, 0.15) is 40.9 Å². The first-order valence-electron chi connectivity index (χ1n) is 11.6. The highest BCUT2D eigenvalue weighted by Gasteiger charge is 2.18. The van der Waals surface area contributed by atoms with Crippen LogP contribution < -0.4 is 10.1 Å². The third-order valence-corrected chi connectivity index (χ3v) is 6.09. The maximum absolute atomic E-state index is 13.1. The Labute approximate surface area is 190 Å². The molecule has 32 heavy (non-hydrogen) atoms. The van der Waals surface area contributed by atoms with Gasteiger partial charge >= 0.3 is 0 Å². The molecule has 5 heteroatoms. The molecular weight excluding hydrogens is 398 g/mol. The summed E-state index contributed by atoms with van der Waals surface area (Å²) in [5.41, 5.74) is 3.96. The largest absolute Gasteiger partial charge is 0.488 e. The summed E-state index contributed by atoms with van der Waals surface area (Å²) in [6.07, 6.45) is 5.66. The highest BCUT2D eigenvalue weighted by Crippen LogP contribution is 2.30. The minimum atomic E-state index is -0.0512. The van der Waals surface area contributed by atoms with Gasteiger partial charge in [0.25, 0.3) is 5.91 Å². The molecule has 2 aromatic carbocycles. The number of rotatable bonds is 9. The molecule has 168 valence electrons. The van der Waals surface area contributed by atoms with E-state index in [1.54, 1.807) is 0 Å². The molecule has 2 heterocycles. The van der Waals surface area contributed by atoms with E-state index in [1.807, 2.05) is 41.0 Å². The maximum Gasteiger partial charge on any atom is 0.268 e. The van der Waals surface area contributed by atoms with Gasteiger partial charge in [0.2, 0.25) is 0 Å². The van der Waals surface area contributed by atoms with Crippen molar-refractivity contribution < 1.29 is 9.53 Å². The van der Waals surface area contributed by atoms with Crippen LogP contribution in [0.4, 0.5) is 0 Å². The average molecular weight is 432 g/mol. The van der Waals surface area contributed by atoms with Gasteiger partial charge in [-0.1, -0.05) is 48.4 Å². The minimum Gasteiger partial charge on any atom is -0.488 e. The van der Waals surface area contributed by atoms with Gasteiger partial charge in [-0.25, -0.2) is 0 Å². The normalized spacial score (nSPS) is 14.4. The van der Waals surface area contributed by atoms with Gasteiger partial charge in [-0.3, -0.25) is 4.79 Å². The monoisotopic (exact) mass is 431 g/mol. The molecule has 0 saturated carbocycles. The molecule has 5 nitrogen and oxygen atoms in total. The Bertz CT molecular complexity index is 1080. The fourth-order valence-electron chi connectivity index (χ4n) is 4.46. The zero-order valence-electron chi connectivity index (χ0n) is 19.0. The standard InChI is InChI=1S/C27H33N3O2/c1-3-14-30-24-11-8-12-26(32-20-22-10-7-9-21(2)18-22)23(24)19-25(30)27(31)28-13-17-29-15-5-4-6-16-29/h3,7-12,18-19H,1,4-6,13-17,20H2,2H3,(H,28,31). The number of hydrogen-bond acceptors (Lipinski definition) is 3. The third kappa shape index (κ3) is 5.22. The molecule has 1 aliphatic rings. The van der Waals surface area contributed by atoms with Crippen LogP contribution in [0.5, 0.6) is 5.75 Å². The number of ether oxygens (including phenoxy) is 1. The number of allylic oxidation sites excluding steroid dienone is 1. The first-order valence-corrected chi connectivity index (χ1v) is 11.6. The highest BCUT2D eigenvalue weighted by atomic mass is 16.5. The molecule has 0 spiro atoms. The number of nitrogens with zero attached hydrogens (tertiary/aromatic N) is 2. The second-order valence-corrected chi connectivity index (χ2v) is 8.55. The first-order chi connectivity index (χ1) is 15.7. The van der Waals surface area contributed by atoms with Crippen molar-refractivity contribution in [2.75, 3.05) is 26.2 Å². The van der Waals surface area contributed by atoms with Crippen molar-refractivity contribution >= 4 is 16.8 Å². The molecule has 4 rings (SSSR count). The number of aryl methyl sites for hydroxylation is 1. The van der Waals surface area contributed by atoms with Crippen LogP contribution in [-0.4, -0.2) is 41.6 Å².